The van der Waals surface area contributed by atoms with Crippen LogP contribution in [0.5, 0.6) is 0 Å². The molecule has 0 saturated heterocycles. The monoisotopic (exact) mass is 408 g/mol. The van der Waals surface area contributed by atoms with Gasteiger partial charge in [-0.15, -0.1) is 0 Å². The molecule has 2 aromatic carbocycles. The minimum absolute atomic E-state index is 0.0285. The van der Waals surface area contributed by atoms with Gasteiger partial charge in [-0.25, -0.2) is 0 Å². The molecule has 0 saturated carbocycles. The van der Waals surface area contributed by atoms with Gasteiger partial charge in [-0.2, -0.15) is 5.26 Å². The molecule has 1 aliphatic rings. The van der Waals surface area contributed by atoms with E-state index in [1.165, 1.54) is 12.1 Å². The molecule has 2 N–H and O–H groups in total. The van der Waals surface area contributed by atoms with E-state index >= 15 is 0 Å². The van der Waals surface area contributed by atoms with Crippen molar-refractivity contribution < 1.29 is 14.5 Å². The van der Waals surface area contributed by atoms with Gasteiger partial charge in [0.1, 0.15) is 0 Å². The molecule has 3 rings (SSSR count). The Bertz CT molecular complexity index is 1030. The Morgan fingerprint density at radius 2 is 1.93 bits per heavy atom. The number of nitrogens with one attached hydrogen (secondary N) is 2. The molecule has 9 heteroatoms. The topological polar surface area (TPSA) is 125 Å². The molecule has 0 unspecified atom stereocenters. The van der Waals surface area contributed by atoms with Crippen molar-refractivity contribution in [2.75, 3.05) is 11.1 Å². The third kappa shape index (κ3) is 4.80. The maximum absolute atomic E-state index is 12.2. The molecule has 0 aromatic heterocycles. The van der Waals surface area contributed by atoms with Crippen LogP contribution in [0.1, 0.15) is 17.9 Å². The van der Waals surface area contributed by atoms with Crippen molar-refractivity contribution in [3.63, 3.8) is 0 Å². The summed E-state index contributed by atoms with van der Waals surface area (Å²) >= 11 is 1.02. The molecular formula is C20H16N4O4S. The predicted octanol–water partition coefficient (Wildman–Crippen LogP) is 3.31. The Hall–Kier alpha value is -3.64. The fourth-order valence-corrected chi connectivity index (χ4v) is 3.88. The summed E-state index contributed by atoms with van der Waals surface area (Å²) in [6.07, 6.45) is -0.0754. The molecule has 2 aromatic rings. The smallest absolute Gasteiger partial charge is 0.273 e. The minimum atomic E-state index is -0.741. The zero-order valence-electron chi connectivity index (χ0n) is 15.1. The van der Waals surface area contributed by atoms with Crippen molar-refractivity contribution >= 4 is 35.0 Å². The number of nitrogens with zero attached hydrogens (tertiary/aromatic N) is 2. The van der Waals surface area contributed by atoms with E-state index in [2.05, 4.69) is 16.7 Å². The van der Waals surface area contributed by atoms with Gasteiger partial charge < -0.3 is 10.6 Å². The van der Waals surface area contributed by atoms with Gasteiger partial charge in [0.2, 0.25) is 11.8 Å². The van der Waals surface area contributed by atoms with Gasteiger partial charge in [-0.1, -0.05) is 48.2 Å². The average molecular weight is 408 g/mol. The highest BCUT2D eigenvalue weighted by Gasteiger charge is 2.33. The van der Waals surface area contributed by atoms with Gasteiger partial charge >= 0.3 is 0 Å². The van der Waals surface area contributed by atoms with Gasteiger partial charge in [0.25, 0.3) is 5.69 Å². The molecule has 1 aliphatic heterocycles. The average Bonchev–Trinajstić information content (AvgIpc) is 2.72. The summed E-state index contributed by atoms with van der Waals surface area (Å²) in [5.74, 6) is -1.43. The number of anilines is 1. The summed E-state index contributed by atoms with van der Waals surface area (Å²) in [5.41, 5.74) is 0.997. The number of carbonyl (C=O) groups is 2. The van der Waals surface area contributed by atoms with Crippen LogP contribution in [-0.2, 0) is 9.59 Å². The molecule has 0 spiro atoms. The first-order valence-electron chi connectivity index (χ1n) is 8.64. The van der Waals surface area contributed by atoms with Crippen LogP contribution in [-0.4, -0.2) is 22.5 Å². The SMILES string of the molecule is N#CC1=C(SCC(=O)Nc2ccccc2)NC(=O)C[C@H]1c1ccccc1[N+](=O)[O-]. The van der Waals surface area contributed by atoms with Crippen LogP contribution in [0.3, 0.4) is 0 Å². The predicted molar refractivity (Wildman–Crippen MR) is 109 cm³/mol. The van der Waals surface area contributed by atoms with E-state index in [4.69, 9.17) is 0 Å². The van der Waals surface area contributed by atoms with Crippen molar-refractivity contribution in [1.29, 1.82) is 5.26 Å². The van der Waals surface area contributed by atoms with Crippen LogP contribution in [0.15, 0.2) is 65.2 Å². The summed E-state index contributed by atoms with van der Waals surface area (Å²) in [6.45, 7) is 0. The first kappa shape index (κ1) is 20.1. The van der Waals surface area contributed by atoms with E-state index in [9.17, 15) is 25.0 Å². The summed E-state index contributed by atoms with van der Waals surface area (Å²) in [5, 5.41) is 26.6. The Kier molecular flexibility index (Phi) is 6.26. The van der Waals surface area contributed by atoms with E-state index in [0.29, 0.717) is 11.3 Å². The number of nitro benzene ring substituents is 1. The number of hydrogen-bond donors (Lipinski definition) is 2. The quantitative estimate of drug-likeness (QED) is 0.558. The van der Waals surface area contributed by atoms with Crippen LogP contribution in [0.25, 0.3) is 0 Å². The van der Waals surface area contributed by atoms with Crippen LogP contribution in [0.4, 0.5) is 11.4 Å². The maximum atomic E-state index is 12.2. The first-order valence-corrected chi connectivity index (χ1v) is 9.63. The standard InChI is InChI=1S/C20H16N4O4S/c21-11-16-15(14-8-4-5-9-17(14)24(27)28)10-18(25)23-20(16)29-12-19(26)22-13-6-2-1-3-7-13/h1-9,15H,10,12H2,(H,22,26)(H,23,25)/t15-/m0/s1. The second-order valence-electron chi connectivity index (χ2n) is 6.18. The number of hydrogen-bond acceptors (Lipinski definition) is 6. The number of nitro groups is 1. The normalized spacial score (nSPS) is 16.0. The molecule has 0 aliphatic carbocycles. The second-order valence-corrected chi connectivity index (χ2v) is 7.16. The van der Waals surface area contributed by atoms with Gasteiger partial charge in [-0.05, 0) is 12.1 Å². The van der Waals surface area contributed by atoms with Gasteiger partial charge in [0.05, 0.1) is 27.3 Å². The number of allylic oxidation sites excluding steroid dienone is 1. The first-order chi connectivity index (χ1) is 14.0. The molecule has 8 nitrogen and oxygen atoms in total. The zero-order chi connectivity index (χ0) is 20.8. The molecule has 2 amide bonds. The van der Waals surface area contributed by atoms with E-state index < -0.39 is 10.8 Å². The number of para-hydroxylation sites is 2. The highest BCUT2D eigenvalue weighted by atomic mass is 32.2. The van der Waals surface area contributed by atoms with Crippen LogP contribution in [0.2, 0.25) is 0 Å². The molecule has 146 valence electrons. The van der Waals surface area contributed by atoms with E-state index in [1.54, 1.807) is 36.4 Å². The zero-order valence-corrected chi connectivity index (χ0v) is 15.9. The Labute approximate surface area is 170 Å². The van der Waals surface area contributed by atoms with Crippen LogP contribution in [0, 0.1) is 21.4 Å². The molecule has 0 radical (unpaired) electrons. The van der Waals surface area contributed by atoms with E-state index in [0.717, 1.165) is 11.8 Å². The van der Waals surface area contributed by atoms with Gasteiger partial charge in [0.15, 0.2) is 0 Å². The summed E-state index contributed by atoms with van der Waals surface area (Å²) in [6, 6.07) is 17.0. The maximum Gasteiger partial charge on any atom is 0.273 e. The molecular weight excluding hydrogens is 392 g/mol. The number of rotatable bonds is 6. The Balaban J connectivity index is 1.83. The highest BCUT2D eigenvalue weighted by Crippen LogP contribution is 2.39. The largest absolute Gasteiger partial charge is 0.325 e. The number of amides is 2. The third-order valence-corrected chi connectivity index (χ3v) is 5.29. The highest BCUT2D eigenvalue weighted by molar-refractivity contribution is 8.03. The summed E-state index contributed by atoms with van der Waals surface area (Å²) in [7, 11) is 0. The van der Waals surface area contributed by atoms with Crippen molar-refractivity contribution in [2.24, 2.45) is 0 Å². The van der Waals surface area contributed by atoms with E-state index in [-0.39, 0.29) is 40.3 Å². The fraction of sp³-hybridized carbons (Fsp3) is 0.150. The Morgan fingerprint density at radius 1 is 1.24 bits per heavy atom. The lowest BCUT2D eigenvalue weighted by atomic mass is 9.86. The molecule has 1 heterocycles. The van der Waals surface area contributed by atoms with Crippen molar-refractivity contribution in [3.8, 4) is 6.07 Å². The molecule has 29 heavy (non-hydrogen) atoms. The van der Waals surface area contributed by atoms with Crippen LogP contribution < -0.4 is 10.6 Å². The van der Waals surface area contributed by atoms with Crippen molar-refractivity contribution in [1.82, 2.24) is 5.32 Å². The van der Waals surface area contributed by atoms with E-state index in [1.807, 2.05) is 6.07 Å². The third-order valence-electron chi connectivity index (χ3n) is 4.27. The number of carbonyl (C=O) groups excluding carboxylic acids is 2. The summed E-state index contributed by atoms with van der Waals surface area (Å²) in [4.78, 5) is 35.2. The fourth-order valence-electron chi connectivity index (χ4n) is 3.00. The molecule has 0 fully saturated rings. The Morgan fingerprint density at radius 3 is 2.62 bits per heavy atom. The van der Waals surface area contributed by atoms with Crippen LogP contribution >= 0.6 is 11.8 Å². The second kappa shape index (κ2) is 9.03. The van der Waals surface area contributed by atoms with Crippen molar-refractivity contribution in [3.05, 3.63) is 80.9 Å². The molecule has 1 atom stereocenters. The number of benzene rings is 2. The molecule has 0 bridgehead atoms. The lowest BCUT2D eigenvalue weighted by molar-refractivity contribution is -0.385. The van der Waals surface area contributed by atoms with Crippen molar-refractivity contribution in [2.45, 2.75) is 12.3 Å². The van der Waals surface area contributed by atoms with Gasteiger partial charge in [-0.3, -0.25) is 19.7 Å². The minimum Gasteiger partial charge on any atom is -0.325 e. The van der Waals surface area contributed by atoms with Gasteiger partial charge in [0, 0.05) is 29.7 Å². The number of nitriles is 1. The summed E-state index contributed by atoms with van der Waals surface area (Å²) < 4.78 is 0. The number of thioether (sulfide) groups is 1. The lowest BCUT2D eigenvalue weighted by Crippen LogP contribution is -2.31. The lowest BCUT2D eigenvalue weighted by Gasteiger charge is -2.24.